The number of carbonyl (C=O) groups is 1. The summed E-state index contributed by atoms with van der Waals surface area (Å²) in [6.07, 6.45) is 10.2. The number of ketones is 1. The number of ether oxygens (including phenoxy) is 2. The van der Waals surface area contributed by atoms with Gasteiger partial charge >= 0.3 is 0 Å². The smallest absolute Gasteiger partial charge is 0.196 e. The molecule has 0 spiro atoms. The van der Waals surface area contributed by atoms with E-state index in [4.69, 9.17) is 55.9 Å². The lowest BCUT2D eigenvalue weighted by Crippen LogP contribution is -2.24. The Morgan fingerprint density at radius 2 is 1.00 bits per heavy atom. The Labute approximate surface area is 249 Å². The molecule has 0 bridgehead atoms. The van der Waals surface area contributed by atoms with Crippen LogP contribution in [-0.4, -0.2) is 20.0 Å². The van der Waals surface area contributed by atoms with Gasteiger partial charge in [-0.25, -0.2) is 0 Å². The number of hydrogen-bond donors (Lipinski definition) is 0. The lowest BCUT2D eigenvalue weighted by atomic mass is 9.81. The first-order chi connectivity index (χ1) is 17.1. The molecular formula is C27H28Br2Cl4O3. The van der Waals surface area contributed by atoms with Gasteiger partial charge in [-0.15, -0.1) is 0 Å². The standard InChI is InChI=1S/C27H28Br2Cl4O3/c1-35-24-17(26(28)9-5-3-6-10-26)13-15(19(30)21(24)32)23(34)16-14-18(25(36-2)22(33)20(16)31)27(29)11-7-4-8-12-27/h13-14H,3-12H2,1-2H3. The van der Waals surface area contributed by atoms with Crippen molar-refractivity contribution in [2.45, 2.75) is 72.9 Å². The number of benzene rings is 2. The second-order valence-corrected chi connectivity index (χ2v) is 14.2. The Kier molecular flexibility index (Phi) is 9.22. The molecule has 9 heteroatoms. The number of carbonyl (C=O) groups excluding carboxylic acids is 1. The summed E-state index contributed by atoms with van der Waals surface area (Å²) in [6, 6.07) is 3.60. The highest BCUT2D eigenvalue weighted by Crippen LogP contribution is 2.54. The van der Waals surface area contributed by atoms with Gasteiger partial charge in [0.1, 0.15) is 21.5 Å². The second-order valence-electron chi connectivity index (χ2n) is 9.65. The first kappa shape index (κ1) is 28.8. The molecule has 0 radical (unpaired) electrons. The third-order valence-electron chi connectivity index (χ3n) is 7.48. The van der Waals surface area contributed by atoms with Gasteiger partial charge in [-0.05, 0) is 37.8 Å². The van der Waals surface area contributed by atoms with Crippen LogP contribution >= 0.6 is 78.3 Å². The Morgan fingerprint density at radius 1 is 0.667 bits per heavy atom. The number of methoxy groups -OCH3 is 2. The molecule has 0 saturated heterocycles. The summed E-state index contributed by atoms with van der Waals surface area (Å²) in [4.78, 5) is 14.1. The van der Waals surface area contributed by atoms with E-state index >= 15 is 0 Å². The van der Waals surface area contributed by atoms with Gasteiger partial charge in [0.2, 0.25) is 0 Å². The molecule has 2 aromatic rings. The van der Waals surface area contributed by atoms with Gasteiger partial charge in [-0.2, -0.15) is 0 Å². The van der Waals surface area contributed by atoms with Crippen molar-refractivity contribution >= 4 is 84.0 Å². The molecule has 0 N–H and O–H groups in total. The second kappa shape index (κ2) is 11.5. The molecule has 0 aliphatic heterocycles. The van der Waals surface area contributed by atoms with E-state index in [1.807, 2.05) is 0 Å². The van der Waals surface area contributed by atoms with E-state index in [-0.39, 0.29) is 45.6 Å². The van der Waals surface area contributed by atoms with E-state index in [1.165, 1.54) is 12.8 Å². The largest absolute Gasteiger partial charge is 0.495 e. The third-order valence-corrected chi connectivity index (χ3v) is 11.6. The van der Waals surface area contributed by atoms with Crippen LogP contribution in [0.1, 0.15) is 91.3 Å². The quantitative estimate of drug-likeness (QED) is 0.222. The predicted octanol–water partition coefficient (Wildman–Crippen LogP) is 10.7. The zero-order chi connectivity index (χ0) is 26.3. The van der Waals surface area contributed by atoms with E-state index < -0.39 is 0 Å². The van der Waals surface area contributed by atoms with Gasteiger partial charge < -0.3 is 9.47 Å². The molecular weight excluding hydrogens is 674 g/mol. The van der Waals surface area contributed by atoms with Crippen LogP contribution in [0.25, 0.3) is 0 Å². The van der Waals surface area contributed by atoms with Crippen molar-refractivity contribution < 1.29 is 14.3 Å². The zero-order valence-electron chi connectivity index (χ0n) is 20.2. The first-order valence-electron chi connectivity index (χ1n) is 12.1. The van der Waals surface area contributed by atoms with Gasteiger partial charge in [0, 0.05) is 22.3 Å². The summed E-state index contributed by atoms with van der Waals surface area (Å²) in [5, 5.41) is 0.684. The molecule has 0 heterocycles. The number of hydrogen-bond acceptors (Lipinski definition) is 3. The number of rotatable bonds is 6. The Morgan fingerprint density at radius 3 is 1.31 bits per heavy atom. The summed E-state index contributed by atoms with van der Waals surface area (Å²) in [5.74, 6) is 0.622. The first-order valence-corrected chi connectivity index (χ1v) is 15.2. The molecule has 0 amide bonds. The van der Waals surface area contributed by atoms with Gasteiger partial charge in [0.25, 0.3) is 0 Å². The van der Waals surface area contributed by atoms with Crippen LogP contribution in [0.5, 0.6) is 11.5 Å². The average molecular weight is 702 g/mol. The van der Waals surface area contributed by atoms with Crippen LogP contribution in [0, 0.1) is 0 Å². The molecule has 2 saturated carbocycles. The van der Waals surface area contributed by atoms with E-state index in [0.717, 1.165) is 62.5 Å². The minimum Gasteiger partial charge on any atom is -0.495 e. The summed E-state index contributed by atoms with van der Waals surface area (Å²) in [7, 11) is 3.13. The molecule has 196 valence electrons. The highest BCUT2D eigenvalue weighted by atomic mass is 79.9. The summed E-state index contributed by atoms with van der Waals surface area (Å²) >= 11 is 34.7. The maximum Gasteiger partial charge on any atom is 0.196 e. The maximum absolute atomic E-state index is 14.1. The SMILES string of the molecule is COc1c(C2(Br)CCCCC2)cc(C(=O)c2cc(C3(Br)CCCCC3)c(OC)c(Cl)c2Cl)c(Cl)c1Cl. The maximum atomic E-state index is 14.1. The third kappa shape index (κ3) is 5.19. The van der Waals surface area contributed by atoms with Crippen molar-refractivity contribution in [3.05, 3.63) is 54.5 Å². The molecule has 2 aliphatic rings. The highest BCUT2D eigenvalue weighted by Gasteiger charge is 2.39. The van der Waals surface area contributed by atoms with Crippen LogP contribution in [-0.2, 0) is 8.65 Å². The van der Waals surface area contributed by atoms with E-state index in [2.05, 4.69) is 31.9 Å². The van der Waals surface area contributed by atoms with Crippen molar-refractivity contribution in [1.82, 2.24) is 0 Å². The van der Waals surface area contributed by atoms with Crippen LogP contribution in [0.4, 0.5) is 0 Å². The molecule has 0 aromatic heterocycles. The Bertz CT molecular complexity index is 1080. The van der Waals surface area contributed by atoms with Gasteiger partial charge in [-0.1, -0.05) is 117 Å². The molecule has 4 rings (SSSR count). The van der Waals surface area contributed by atoms with Crippen LogP contribution in [0.3, 0.4) is 0 Å². The van der Waals surface area contributed by atoms with Gasteiger partial charge in [0.05, 0.1) is 32.9 Å². The molecule has 0 atom stereocenters. The fourth-order valence-corrected chi connectivity index (χ4v) is 8.25. The van der Waals surface area contributed by atoms with E-state index in [0.29, 0.717) is 11.5 Å². The minimum absolute atomic E-state index is 0.130. The molecule has 2 fully saturated rings. The summed E-state index contributed by atoms with van der Waals surface area (Å²) in [6.45, 7) is 0. The Balaban J connectivity index is 1.90. The fraction of sp³-hybridized carbons (Fsp3) is 0.519. The van der Waals surface area contributed by atoms with E-state index in [1.54, 1.807) is 26.4 Å². The topological polar surface area (TPSA) is 35.5 Å². The number of halogens is 6. The highest BCUT2D eigenvalue weighted by molar-refractivity contribution is 9.09. The van der Waals surface area contributed by atoms with Crippen molar-refractivity contribution in [2.75, 3.05) is 14.2 Å². The van der Waals surface area contributed by atoms with Crippen LogP contribution < -0.4 is 9.47 Å². The van der Waals surface area contributed by atoms with Crippen molar-refractivity contribution in [3.8, 4) is 11.5 Å². The fourth-order valence-electron chi connectivity index (χ4n) is 5.52. The van der Waals surface area contributed by atoms with Crippen molar-refractivity contribution in [2.24, 2.45) is 0 Å². The van der Waals surface area contributed by atoms with Crippen molar-refractivity contribution in [1.29, 1.82) is 0 Å². The summed E-state index contributed by atoms with van der Waals surface area (Å²) in [5.41, 5.74) is 2.18. The molecule has 0 unspecified atom stereocenters. The molecule has 2 aromatic carbocycles. The summed E-state index contributed by atoms with van der Waals surface area (Å²) < 4.78 is 10.6. The van der Waals surface area contributed by atoms with Gasteiger partial charge in [-0.3, -0.25) is 4.79 Å². The average Bonchev–Trinajstić information content (AvgIpc) is 2.87. The zero-order valence-corrected chi connectivity index (χ0v) is 26.4. The molecule has 36 heavy (non-hydrogen) atoms. The number of alkyl halides is 2. The predicted molar refractivity (Wildman–Crippen MR) is 157 cm³/mol. The lowest BCUT2D eigenvalue weighted by molar-refractivity contribution is 0.103. The van der Waals surface area contributed by atoms with E-state index in [9.17, 15) is 4.79 Å². The van der Waals surface area contributed by atoms with Crippen LogP contribution in [0.2, 0.25) is 20.1 Å². The lowest BCUT2D eigenvalue weighted by Gasteiger charge is -2.34. The minimum atomic E-state index is -0.353. The van der Waals surface area contributed by atoms with Crippen molar-refractivity contribution in [3.63, 3.8) is 0 Å². The molecule has 3 nitrogen and oxygen atoms in total. The van der Waals surface area contributed by atoms with Gasteiger partial charge in [0.15, 0.2) is 5.78 Å². The molecule has 2 aliphatic carbocycles. The monoisotopic (exact) mass is 698 g/mol. The Hall–Kier alpha value is -0.170. The normalized spacial score (nSPS) is 19.1. The van der Waals surface area contributed by atoms with Crippen LogP contribution in [0.15, 0.2) is 12.1 Å².